The molecule has 0 saturated heterocycles. The van der Waals surface area contributed by atoms with Crippen LogP contribution in [-0.2, 0) is 24.3 Å². The molecule has 0 spiro atoms. The fourth-order valence-electron chi connectivity index (χ4n) is 4.02. The Kier molecular flexibility index (Phi) is 9.52. The zero-order chi connectivity index (χ0) is 26.2. The maximum absolute atomic E-state index is 15.3. The van der Waals surface area contributed by atoms with Crippen molar-refractivity contribution < 1.29 is 23.8 Å². The third kappa shape index (κ3) is 6.26. The summed E-state index contributed by atoms with van der Waals surface area (Å²) in [5.74, 6) is -1.72. The molecule has 0 saturated carbocycles. The summed E-state index contributed by atoms with van der Waals surface area (Å²) in [5.41, 5.74) is 2.91. The SMILES string of the molecule is CCCC(S)C(=O)NCc1c(CC)nc(OCC)n1Cc1ccc(-c2ccccc2C(=O)O)cc1F. The van der Waals surface area contributed by atoms with Gasteiger partial charge in [-0.2, -0.15) is 17.6 Å². The van der Waals surface area contributed by atoms with Gasteiger partial charge in [0.15, 0.2) is 0 Å². The predicted molar refractivity (Wildman–Crippen MR) is 140 cm³/mol. The van der Waals surface area contributed by atoms with Crippen LogP contribution in [0.25, 0.3) is 11.1 Å². The first-order valence-electron chi connectivity index (χ1n) is 12.1. The second kappa shape index (κ2) is 12.6. The van der Waals surface area contributed by atoms with Crippen LogP contribution in [0.4, 0.5) is 4.39 Å². The van der Waals surface area contributed by atoms with E-state index in [1.165, 1.54) is 12.1 Å². The number of ether oxygens (including phenoxy) is 1. The molecule has 3 rings (SSSR count). The highest BCUT2D eigenvalue weighted by Crippen LogP contribution is 2.28. The summed E-state index contributed by atoms with van der Waals surface area (Å²) in [4.78, 5) is 28.6. The topological polar surface area (TPSA) is 93.5 Å². The third-order valence-corrected chi connectivity index (χ3v) is 6.37. The molecular formula is C27H32FN3O4S. The molecule has 36 heavy (non-hydrogen) atoms. The van der Waals surface area contributed by atoms with Crippen LogP contribution in [0, 0.1) is 5.82 Å². The Bertz CT molecular complexity index is 1230. The molecular weight excluding hydrogens is 481 g/mol. The Morgan fingerprint density at radius 1 is 1.19 bits per heavy atom. The lowest BCUT2D eigenvalue weighted by molar-refractivity contribution is -0.120. The van der Waals surface area contributed by atoms with Gasteiger partial charge < -0.3 is 15.2 Å². The van der Waals surface area contributed by atoms with Gasteiger partial charge >= 0.3 is 5.97 Å². The van der Waals surface area contributed by atoms with Crippen molar-refractivity contribution in [3.63, 3.8) is 0 Å². The van der Waals surface area contributed by atoms with Crippen molar-refractivity contribution in [2.75, 3.05) is 6.61 Å². The number of halogens is 1. The van der Waals surface area contributed by atoms with E-state index < -0.39 is 17.0 Å². The molecule has 3 aromatic rings. The Morgan fingerprint density at radius 3 is 2.58 bits per heavy atom. The van der Waals surface area contributed by atoms with Crippen LogP contribution in [0.3, 0.4) is 0 Å². The zero-order valence-corrected chi connectivity index (χ0v) is 21.6. The average molecular weight is 514 g/mol. The van der Waals surface area contributed by atoms with Crippen LogP contribution >= 0.6 is 12.6 Å². The highest BCUT2D eigenvalue weighted by molar-refractivity contribution is 7.81. The number of nitrogens with zero attached hydrogens (tertiary/aromatic N) is 2. The second-order valence-electron chi connectivity index (χ2n) is 8.34. The molecule has 0 aliphatic rings. The Labute approximate surface area is 216 Å². The van der Waals surface area contributed by atoms with E-state index in [4.69, 9.17) is 4.74 Å². The molecule has 192 valence electrons. The quantitative estimate of drug-likeness (QED) is 0.293. The van der Waals surface area contributed by atoms with Crippen molar-refractivity contribution >= 4 is 24.5 Å². The molecule has 1 aromatic heterocycles. The number of thiol groups is 1. The zero-order valence-electron chi connectivity index (χ0n) is 20.8. The lowest BCUT2D eigenvalue weighted by atomic mass is 9.98. The van der Waals surface area contributed by atoms with Crippen LogP contribution in [0.2, 0.25) is 0 Å². The van der Waals surface area contributed by atoms with E-state index in [2.05, 4.69) is 22.9 Å². The molecule has 2 aromatic carbocycles. The van der Waals surface area contributed by atoms with E-state index in [0.717, 1.165) is 17.8 Å². The van der Waals surface area contributed by atoms with Gasteiger partial charge in [0.2, 0.25) is 5.91 Å². The van der Waals surface area contributed by atoms with Crippen molar-refractivity contribution in [3.8, 4) is 17.1 Å². The number of carboxylic acid groups (broad SMARTS) is 1. The summed E-state index contributed by atoms with van der Waals surface area (Å²) in [6, 6.07) is 11.5. The molecule has 0 fully saturated rings. The van der Waals surface area contributed by atoms with Gasteiger partial charge in [0.25, 0.3) is 6.01 Å². The summed E-state index contributed by atoms with van der Waals surface area (Å²) in [6.07, 6.45) is 2.13. The molecule has 1 atom stereocenters. The van der Waals surface area contributed by atoms with Crippen molar-refractivity contribution in [1.82, 2.24) is 14.9 Å². The number of hydrogen-bond donors (Lipinski definition) is 3. The van der Waals surface area contributed by atoms with Gasteiger partial charge in [-0.25, -0.2) is 9.18 Å². The van der Waals surface area contributed by atoms with Crippen LogP contribution in [0.5, 0.6) is 6.01 Å². The summed E-state index contributed by atoms with van der Waals surface area (Å²) in [6.45, 7) is 6.54. The first-order valence-corrected chi connectivity index (χ1v) is 12.6. The van der Waals surface area contributed by atoms with E-state index in [1.807, 2.05) is 20.8 Å². The maximum atomic E-state index is 15.3. The number of rotatable bonds is 12. The molecule has 1 heterocycles. The number of carbonyl (C=O) groups excluding carboxylic acids is 1. The summed E-state index contributed by atoms with van der Waals surface area (Å²) >= 11 is 4.37. The monoisotopic (exact) mass is 513 g/mol. The molecule has 7 nitrogen and oxygen atoms in total. The van der Waals surface area contributed by atoms with E-state index in [0.29, 0.717) is 42.1 Å². The van der Waals surface area contributed by atoms with Crippen LogP contribution in [-0.4, -0.2) is 38.4 Å². The minimum Gasteiger partial charge on any atom is -0.478 e. The summed E-state index contributed by atoms with van der Waals surface area (Å²) < 4.78 is 22.8. The van der Waals surface area contributed by atoms with Crippen LogP contribution in [0.1, 0.15) is 60.9 Å². The van der Waals surface area contributed by atoms with Gasteiger partial charge in [0.1, 0.15) is 5.82 Å². The molecule has 0 aliphatic heterocycles. The van der Waals surface area contributed by atoms with E-state index in [-0.39, 0.29) is 24.6 Å². The first-order chi connectivity index (χ1) is 17.3. The van der Waals surface area contributed by atoms with Crippen molar-refractivity contribution in [1.29, 1.82) is 0 Å². The van der Waals surface area contributed by atoms with Gasteiger partial charge in [0.05, 0.1) is 41.9 Å². The standard InChI is InChI=1S/C27H32FN3O4S/c1-4-9-24(36)25(32)29-15-23-22(5-2)30-27(35-6-3)31(23)16-18-13-12-17(14-21(18)28)19-10-7-8-11-20(19)26(33)34/h7-8,10-14,24,36H,4-6,9,15-16H2,1-3H3,(H,29,32)(H,33,34). The van der Waals surface area contributed by atoms with Crippen molar-refractivity contribution in [2.24, 2.45) is 0 Å². The number of hydrogen-bond acceptors (Lipinski definition) is 5. The van der Waals surface area contributed by atoms with Gasteiger partial charge in [-0.3, -0.25) is 9.36 Å². The lowest BCUT2D eigenvalue weighted by Gasteiger charge is -2.16. The Hall–Kier alpha value is -3.33. The number of amides is 1. The Balaban J connectivity index is 1.94. The average Bonchev–Trinajstić information content (AvgIpc) is 3.19. The van der Waals surface area contributed by atoms with Gasteiger partial charge in [0, 0.05) is 5.56 Å². The number of aryl methyl sites for hydroxylation is 1. The van der Waals surface area contributed by atoms with Crippen LogP contribution < -0.4 is 10.1 Å². The maximum Gasteiger partial charge on any atom is 0.336 e. The molecule has 0 aliphatic carbocycles. The van der Waals surface area contributed by atoms with Crippen LogP contribution in [0.15, 0.2) is 42.5 Å². The third-order valence-electron chi connectivity index (χ3n) is 5.87. The number of carbonyl (C=O) groups is 2. The molecule has 9 heteroatoms. The summed E-state index contributed by atoms with van der Waals surface area (Å²) in [7, 11) is 0. The molecule has 0 radical (unpaired) electrons. The molecule has 1 unspecified atom stereocenters. The number of aromatic nitrogens is 2. The first kappa shape index (κ1) is 27.3. The largest absolute Gasteiger partial charge is 0.478 e. The lowest BCUT2D eigenvalue weighted by Crippen LogP contribution is -2.32. The van der Waals surface area contributed by atoms with Crippen molar-refractivity contribution in [3.05, 3.63) is 70.8 Å². The number of benzene rings is 2. The number of imidazole rings is 1. The van der Waals surface area contributed by atoms with Gasteiger partial charge in [-0.1, -0.05) is 50.6 Å². The minimum atomic E-state index is -1.07. The number of carboxylic acids is 1. The normalized spacial score (nSPS) is 11.8. The minimum absolute atomic E-state index is 0.106. The highest BCUT2D eigenvalue weighted by atomic mass is 32.1. The smallest absolute Gasteiger partial charge is 0.336 e. The fraction of sp³-hybridized carbons (Fsp3) is 0.370. The Morgan fingerprint density at radius 2 is 1.94 bits per heavy atom. The number of nitrogens with one attached hydrogen (secondary N) is 1. The van der Waals surface area contributed by atoms with E-state index in [1.54, 1.807) is 34.9 Å². The second-order valence-corrected chi connectivity index (χ2v) is 8.96. The van der Waals surface area contributed by atoms with Crippen molar-refractivity contribution in [2.45, 2.75) is 58.4 Å². The number of aromatic carboxylic acids is 1. The fourth-order valence-corrected chi connectivity index (χ4v) is 4.37. The van der Waals surface area contributed by atoms with E-state index in [9.17, 15) is 14.7 Å². The molecule has 1 amide bonds. The molecule has 2 N–H and O–H groups in total. The predicted octanol–water partition coefficient (Wildman–Crippen LogP) is 5.11. The van der Waals surface area contributed by atoms with E-state index >= 15 is 4.39 Å². The molecule has 0 bridgehead atoms. The van der Waals surface area contributed by atoms with Gasteiger partial charge in [-0.15, -0.1) is 0 Å². The van der Waals surface area contributed by atoms with Gasteiger partial charge in [-0.05, 0) is 43.0 Å². The summed E-state index contributed by atoms with van der Waals surface area (Å²) in [5, 5.41) is 12.0. The highest BCUT2D eigenvalue weighted by Gasteiger charge is 2.21.